The Labute approximate surface area is 376 Å². The Morgan fingerprint density at radius 3 is 1.27 bits per heavy atom. The summed E-state index contributed by atoms with van der Waals surface area (Å²) in [6.07, 6.45) is 8.82. The lowest BCUT2D eigenvalue weighted by molar-refractivity contribution is -0.122. The first kappa shape index (κ1) is 43.5. The molecule has 0 bridgehead atoms. The third-order valence-electron chi connectivity index (χ3n) is 12.2. The number of halogens is 2. The molecule has 0 aliphatic carbocycles. The van der Waals surface area contributed by atoms with Crippen LogP contribution in [0.3, 0.4) is 0 Å². The number of hydrogen-bond donors (Lipinski definition) is 2. The van der Waals surface area contributed by atoms with Crippen LogP contribution in [0.25, 0.3) is 0 Å². The fraction of sp³-hybridized carbons (Fsp3) is 0.417. The van der Waals surface area contributed by atoms with Gasteiger partial charge in [-0.1, -0.05) is 86.0 Å². The molecule has 0 saturated carbocycles. The molecule has 2 fully saturated rings. The van der Waals surface area contributed by atoms with Crippen molar-refractivity contribution in [3.8, 4) is 0 Å². The first-order valence-corrected chi connectivity index (χ1v) is 23.0. The number of benzene rings is 4. The number of carbonyl (C=O) groups is 2. The molecule has 4 aromatic rings. The Bertz CT molecular complexity index is 2130. The maximum Gasteiger partial charge on any atom is 0.238 e. The van der Waals surface area contributed by atoms with Gasteiger partial charge < -0.3 is 19.6 Å². The lowest BCUT2D eigenvalue weighted by atomic mass is 10.1. The van der Waals surface area contributed by atoms with Crippen molar-refractivity contribution in [3.05, 3.63) is 106 Å². The average molecular weight is 878 g/mol. The highest BCUT2D eigenvalue weighted by Crippen LogP contribution is 2.42. The summed E-state index contributed by atoms with van der Waals surface area (Å²) in [5.74, 6) is 1.75. The number of nitrogens with one attached hydrogen (secondary N) is 2. The summed E-state index contributed by atoms with van der Waals surface area (Å²) in [6.45, 7) is 7.33. The molecule has 62 heavy (non-hydrogen) atoms. The number of amides is 2. The van der Waals surface area contributed by atoms with Crippen LogP contribution < -0.4 is 20.9 Å². The van der Waals surface area contributed by atoms with Gasteiger partial charge in [0, 0.05) is 86.4 Å². The Morgan fingerprint density at radius 2 is 0.871 bits per heavy atom. The number of likely N-dealkylation sites (N-methyl/N-ethyl adjacent to an activating group) is 2. The predicted octanol–water partition coefficient (Wildman–Crippen LogP) is 9.21. The molecule has 0 radical (unpaired) electrons. The molecular weight excluding hydrogens is 820 g/mol. The minimum atomic E-state index is -0.0269. The lowest BCUT2D eigenvalue weighted by Gasteiger charge is -2.35. The number of hydrogen-bond acceptors (Lipinski definition) is 10. The third-order valence-corrected chi connectivity index (χ3v) is 12.7. The largest absolute Gasteiger partial charge is 0.353 e. The van der Waals surface area contributed by atoms with E-state index in [4.69, 9.17) is 33.2 Å². The van der Waals surface area contributed by atoms with Crippen molar-refractivity contribution in [1.82, 2.24) is 30.5 Å². The van der Waals surface area contributed by atoms with E-state index >= 15 is 0 Å². The standard InChI is InChI=1S/C48H58Cl2N10O2/c1-55-25-29-57(30-26-55)47-37-15-11-13-17-41(37)59(43-23-21-35(49)33-39(43)51-47)53-45(61)19-9-7-5-3-4-6-8-10-20-46(62)54-60-42-18-14-12-16-38(42)48(58-31-27-56(2)28-32-58)52-40-34-36(50)22-24-44(40)60/h11-18,21-24,33-34H,3-10,19-20,25-32H2,1-2H3,(H,53,61)(H,54,62). The molecule has 326 valence electrons. The van der Waals surface area contributed by atoms with Crippen molar-refractivity contribution in [2.24, 2.45) is 9.98 Å². The van der Waals surface area contributed by atoms with E-state index in [9.17, 15) is 9.59 Å². The van der Waals surface area contributed by atoms with Gasteiger partial charge in [-0.05, 0) is 87.6 Å². The van der Waals surface area contributed by atoms with E-state index in [0.717, 1.165) is 161 Å². The number of rotatable bonds is 13. The maximum absolute atomic E-state index is 13.5. The van der Waals surface area contributed by atoms with Crippen LogP contribution in [0.15, 0.2) is 94.9 Å². The van der Waals surface area contributed by atoms with Gasteiger partial charge in [0.1, 0.15) is 11.7 Å². The summed E-state index contributed by atoms with van der Waals surface area (Å²) >= 11 is 13.0. The van der Waals surface area contributed by atoms with Gasteiger partial charge in [-0.2, -0.15) is 0 Å². The van der Waals surface area contributed by atoms with Crippen molar-refractivity contribution < 1.29 is 9.59 Å². The summed E-state index contributed by atoms with van der Waals surface area (Å²) in [4.78, 5) is 46.6. The molecule has 0 atom stereocenters. The molecule has 0 unspecified atom stereocenters. The van der Waals surface area contributed by atoms with Gasteiger partial charge in [-0.15, -0.1) is 0 Å². The SMILES string of the molecule is CN1CCN(C2=Nc3cc(Cl)ccc3N(NC(=O)CCCCCCCCCCC(=O)NN3c4ccc(Cl)cc4N=C(N4CCN(C)CC4)c4ccccc43)c3ccccc32)CC1. The van der Waals surface area contributed by atoms with Crippen molar-refractivity contribution in [2.45, 2.75) is 64.2 Å². The van der Waals surface area contributed by atoms with Crippen LogP contribution in [-0.4, -0.2) is 110 Å². The number of nitrogens with zero attached hydrogens (tertiary/aromatic N) is 8. The van der Waals surface area contributed by atoms with Crippen LogP contribution >= 0.6 is 23.2 Å². The quantitative estimate of drug-likeness (QED) is 0.128. The van der Waals surface area contributed by atoms with Crippen LogP contribution in [0.5, 0.6) is 0 Å². The monoisotopic (exact) mass is 876 g/mol. The Hall–Kier alpha value is -5.14. The second-order valence-corrected chi connectivity index (χ2v) is 17.7. The second kappa shape index (κ2) is 20.4. The van der Waals surface area contributed by atoms with E-state index < -0.39 is 0 Å². The van der Waals surface area contributed by atoms with Crippen LogP contribution in [0.2, 0.25) is 10.0 Å². The average Bonchev–Trinajstić information content (AvgIpc) is 3.49. The first-order valence-electron chi connectivity index (χ1n) is 22.2. The minimum absolute atomic E-state index is 0.0269. The lowest BCUT2D eigenvalue weighted by Crippen LogP contribution is -2.47. The molecule has 4 aromatic carbocycles. The molecule has 4 aliphatic heterocycles. The number of hydrazine groups is 2. The summed E-state index contributed by atoms with van der Waals surface area (Å²) in [5, 5.41) is 4.98. The molecule has 2 N–H and O–H groups in total. The van der Waals surface area contributed by atoms with Crippen molar-refractivity contribution in [3.63, 3.8) is 0 Å². The zero-order valence-electron chi connectivity index (χ0n) is 36.0. The highest BCUT2D eigenvalue weighted by atomic mass is 35.5. The van der Waals surface area contributed by atoms with Gasteiger partial charge in [-0.25, -0.2) is 9.98 Å². The van der Waals surface area contributed by atoms with Crippen molar-refractivity contribution >= 4 is 80.8 Å². The molecule has 4 heterocycles. The number of unbranched alkanes of at least 4 members (excludes halogenated alkanes) is 7. The van der Waals surface area contributed by atoms with E-state index in [1.165, 1.54) is 0 Å². The van der Waals surface area contributed by atoms with E-state index in [-0.39, 0.29) is 11.8 Å². The van der Waals surface area contributed by atoms with Crippen LogP contribution in [0, 0.1) is 0 Å². The smallest absolute Gasteiger partial charge is 0.238 e. The minimum Gasteiger partial charge on any atom is -0.353 e. The predicted molar refractivity (Wildman–Crippen MR) is 253 cm³/mol. The summed E-state index contributed by atoms with van der Waals surface area (Å²) in [6, 6.07) is 27.6. The first-order chi connectivity index (χ1) is 30.2. The van der Waals surface area contributed by atoms with Crippen molar-refractivity contribution in [1.29, 1.82) is 0 Å². The molecule has 4 aliphatic rings. The van der Waals surface area contributed by atoms with Gasteiger partial charge in [0.25, 0.3) is 0 Å². The Morgan fingerprint density at radius 1 is 0.500 bits per heavy atom. The zero-order chi connectivity index (χ0) is 43.0. The van der Waals surface area contributed by atoms with Gasteiger partial charge in [0.15, 0.2) is 0 Å². The molecule has 0 aromatic heterocycles. The zero-order valence-corrected chi connectivity index (χ0v) is 37.5. The normalized spacial score (nSPS) is 16.6. The third kappa shape index (κ3) is 10.4. The molecular formula is C48H58Cl2N10O2. The molecule has 8 rings (SSSR count). The fourth-order valence-corrected chi connectivity index (χ4v) is 8.96. The summed E-state index contributed by atoms with van der Waals surface area (Å²) in [7, 11) is 4.29. The molecule has 2 amide bonds. The number of para-hydroxylation sites is 2. The fourth-order valence-electron chi connectivity index (χ4n) is 8.63. The highest BCUT2D eigenvalue weighted by Gasteiger charge is 2.30. The number of fused-ring (bicyclic) bond motifs is 4. The number of amidine groups is 2. The van der Waals surface area contributed by atoms with Crippen LogP contribution in [0.1, 0.15) is 75.3 Å². The topological polar surface area (TPSA) is 102 Å². The van der Waals surface area contributed by atoms with Crippen molar-refractivity contribution in [2.75, 3.05) is 76.5 Å². The van der Waals surface area contributed by atoms with Crippen LogP contribution in [0.4, 0.5) is 34.1 Å². The molecule has 0 spiro atoms. The Kier molecular flexibility index (Phi) is 14.3. The maximum atomic E-state index is 13.5. The second-order valence-electron chi connectivity index (χ2n) is 16.8. The summed E-state index contributed by atoms with van der Waals surface area (Å²) < 4.78 is 0. The van der Waals surface area contributed by atoms with Gasteiger partial charge in [0.05, 0.1) is 34.1 Å². The van der Waals surface area contributed by atoms with Gasteiger partial charge >= 0.3 is 0 Å². The van der Waals surface area contributed by atoms with Gasteiger partial charge in [0.2, 0.25) is 11.8 Å². The number of anilines is 4. The number of carbonyl (C=O) groups excluding carboxylic acids is 2. The molecule has 2 saturated heterocycles. The highest BCUT2D eigenvalue weighted by molar-refractivity contribution is 6.31. The molecule has 12 nitrogen and oxygen atoms in total. The van der Waals surface area contributed by atoms with Gasteiger partial charge in [-0.3, -0.25) is 30.5 Å². The van der Waals surface area contributed by atoms with E-state index in [0.29, 0.717) is 22.9 Å². The van der Waals surface area contributed by atoms with E-state index in [1.54, 1.807) is 0 Å². The van der Waals surface area contributed by atoms with Crippen LogP contribution in [-0.2, 0) is 9.59 Å². The molecule has 14 heteroatoms. The number of piperazine rings is 2. The van der Waals surface area contributed by atoms with E-state index in [2.05, 4.69) is 56.7 Å². The van der Waals surface area contributed by atoms with E-state index in [1.807, 2.05) is 82.8 Å². The number of aliphatic imine (C=N–C) groups is 2. The Balaban J connectivity index is 0.780. The summed E-state index contributed by atoms with van der Waals surface area (Å²) in [5.41, 5.74) is 13.2.